The molecule has 0 aliphatic carbocycles. The summed E-state index contributed by atoms with van der Waals surface area (Å²) in [6.07, 6.45) is -0.469. The van der Waals surface area contributed by atoms with Gasteiger partial charge in [-0.3, -0.25) is 0 Å². The first-order valence-electron chi connectivity index (χ1n) is 4.65. The predicted octanol–water partition coefficient (Wildman–Crippen LogP) is 2.03. The lowest BCUT2D eigenvalue weighted by Gasteiger charge is -2.21. The van der Waals surface area contributed by atoms with Crippen LogP contribution >= 0.6 is 11.6 Å². The molecule has 0 spiro atoms. The molecule has 0 bridgehead atoms. The Hall–Kier alpha value is -0.730. The summed E-state index contributed by atoms with van der Waals surface area (Å²) < 4.78 is 0. The standard InChI is InChI=1S/C11H16ClNO/c1-9-3-5-10(6-4-9)13(2)8-11(14)7-12/h3-6,11,14H,7-8H2,1-2H3. The van der Waals surface area contributed by atoms with Gasteiger partial charge in [-0.25, -0.2) is 0 Å². The first-order chi connectivity index (χ1) is 6.63. The Morgan fingerprint density at radius 1 is 1.36 bits per heavy atom. The van der Waals surface area contributed by atoms with E-state index in [4.69, 9.17) is 11.6 Å². The second kappa shape index (κ2) is 5.23. The van der Waals surface area contributed by atoms with Gasteiger partial charge in [-0.05, 0) is 19.1 Å². The molecule has 1 aromatic rings. The van der Waals surface area contributed by atoms with E-state index in [9.17, 15) is 5.11 Å². The molecule has 78 valence electrons. The molecule has 0 fully saturated rings. The van der Waals surface area contributed by atoms with Gasteiger partial charge in [-0.1, -0.05) is 17.7 Å². The van der Waals surface area contributed by atoms with Crippen molar-refractivity contribution in [3.63, 3.8) is 0 Å². The van der Waals surface area contributed by atoms with Gasteiger partial charge in [0.05, 0.1) is 12.0 Å². The molecule has 0 amide bonds. The van der Waals surface area contributed by atoms with E-state index < -0.39 is 6.10 Å². The largest absolute Gasteiger partial charge is 0.390 e. The molecule has 0 aliphatic rings. The van der Waals surface area contributed by atoms with E-state index in [0.717, 1.165) is 5.69 Å². The van der Waals surface area contributed by atoms with Crippen LogP contribution in [0.2, 0.25) is 0 Å². The fourth-order valence-electron chi connectivity index (χ4n) is 1.27. The molecule has 1 N–H and O–H groups in total. The van der Waals surface area contributed by atoms with Crippen molar-refractivity contribution in [2.24, 2.45) is 0 Å². The first-order valence-corrected chi connectivity index (χ1v) is 5.18. The quantitative estimate of drug-likeness (QED) is 0.774. The number of aryl methyl sites for hydroxylation is 1. The SMILES string of the molecule is Cc1ccc(N(C)CC(O)CCl)cc1. The van der Waals surface area contributed by atoms with E-state index in [2.05, 4.69) is 19.1 Å². The molecule has 0 saturated carbocycles. The van der Waals surface area contributed by atoms with Crippen LogP contribution in [0, 0.1) is 6.92 Å². The van der Waals surface area contributed by atoms with E-state index in [1.807, 2.05) is 24.1 Å². The number of alkyl halides is 1. The molecule has 0 aliphatic heterocycles. The van der Waals surface area contributed by atoms with Crippen molar-refractivity contribution in [2.75, 3.05) is 24.4 Å². The molecule has 1 atom stereocenters. The highest BCUT2D eigenvalue weighted by atomic mass is 35.5. The number of likely N-dealkylation sites (N-methyl/N-ethyl adjacent to an activating group) is 1. The van der Waals surface area contributed by atoms with Crippen molar-refractivity contribution in [1.82, 2.24) is 0 Å². The molecular formula is C11H16ClNO. The maximum absolute atomic E-state index is 9.37. The topological polar surface area (TPSA) is 23.5 Å². The molecule has 0 aromatic heterocycles. The summed E-state index contributed by atoms with van der Waals surface area (Å²) in [4.78, 5) is 1.99. The number of benzene rings is 1. The van der Waals surface area contributed by atoms with Crippen molar-refractivity contribution in [3.05, 3.63) is 29.8 Å². The first kappa shape index (κ1) is 11.3. The van der Waals surface area contributed by atoms with Crippen molar-refractivity contribution >= 4 is 17.3 Å². The van der Waals surface area contributed by atoms with Gasteiger partial charge in [0, 0.05) is 19.3 Å². The molecular weight excluding hydrogens is 198 g/mol. The van der Waals surface area contributed by atoms with Crippen LogP contribution in [0.5, 0.6) is 0 Å². The van der Waals surface area contributed by atoms with E-state index in [1.54, 1.807) is 0 Å². The smallest absolute Gasteiger partial charge is 0.0849 e. The number of aliphatic hydroxyl groups is 1. The van der Waals surface area contributed by atoms with Gasteiger partial charge >= 0.3 is 0 Å². The number of anilines is 1. The van der Waals surface area contributed by atoms with Crippen LogP contribution in [0.15, 0.2) is 24.3 Å². The van der Waals surface area contributed by atoms with E-state index >= 15 is 0 Å². The van der Waals surface area contributed by atoms with Gasteiger partial charge in [0.15, 0.2) is 0 Å². The van der Waals surface area contributed by atoms with Crippen LogP contribution < -0.4 is 4.90 Å². The van der Waals surface area contributed by atoms with Crippen molar-refractivity contribution in [3.8, 4) is 0 Å². The minimum absolute atomic E-state index is 0.274. The van der Waals surface area contributed by atoms with Gasteiger partial charge in [0.2, 0.25) is 0 Å². The second-order valence-electron chi connectivity index (χ2n) is 3.52. The van der Waals surface area contributed by atoms with E-state index in [1.165, 1.54) is 5.56 Å². The number of hydrogen-bond acceptors (Lipinski definition) is 2. The molecule has 0 saturated heterocycles. The lowest BCUT2D eigenvalue weighted by Crippen LogP contribution is -2.29. The lowest BCUT2D eigenvalue weighted by molar-refractivity contribution is 0.205. The minimum atomic E-state index is -0.469. The lowest BCUT2D eigenvalue weighted by atomic mass is 10.2. The molecule has 3 heteroatoms. The van der Waals surface area contributed by atoms with Crippen molar-refractivity contribution in [2.45, 2.75) is 13.0 Å². The highest BCUT2D eigenvalue weighted by Crippen LogP contribution is 2.13. The fourth-order valence-corrected chi connectivity index (χ4v) is 1.37. The zero-order valence-corrected chi connectivity index (χ0v) is 9.33. The molecule has 14 heavy (non-hydrogen) atoms. The maximum Gasteiger partial charge on any atom is 0.0849 e. The summed E-state index contributed by atoms with van der Waals surface area (Å²) in [5, 5.41) is 9.37. The highest BCUT2D eigenvalue weighted by molar-refractivity contribution is 6.18. The number of aliphatic hydroxyl groups excluding tert-OH is 1. The third-order valence-electron chi connectivity index (χ3n) is 2.14. The third kappa shape index (κ3) is 3.20. The van der Waals surface area contributed by atoms with E-state index in [-0.39, 0.29) is 5.88 Å². The number of rotatable bonds is 4. The Kier molecular flexibility index (Phi) is 4.23. The summed E-state index contributed by atoms with van der Waals surface area (Å²) >= 11 is 5.53. The molecule has 1 rings (SSSR count). The predicted molar refractivity (Wildman–Crippen MR) is 61.2 cm³/mol. The number of halogens is 1. The van der Waals surface area contributed by atoms with Gasteiger partial charge in [0.1, 0.15) is 0 Å². The second-order valence-corrected chi connectivity index (χ2v) is 3.83. The van der Waals surface area contributed by atoms with Crippen molar-refractivity contribution < 1.29 is 5.11 Å². The summed E-state index contributed by atoms with van der Waals surface area (Å²) in [6.45, 7) is 2.62. The van der Waals surface area contributed by atoms with Crippen LogP contribution in [-0.4, -0.2) is 30.7 Å². The van der Waals surface area contributed by atoms with Gasteiger partial charge in [0.25, 0.3) is 0 Å². The Labute approximate surface area is 90.1 Å². The van der Waals surface area contributed by atoms with Crippen LogP contribution in [0.25, 0.3) is 0 Å². The minimum Gasteiger partial charge on any atom is -0.390 e. The number of hydrogen-bond donors (Lipinski definition) is 1. The van der Waals surface area contributed by atoms with Crippen LogP contribution in [0.4, 0.5) is 5.69 Å². The van der Waals surface area contributed by atoms with Gasteiger partial charge < -0.3 is 10.0 Å². The molecule has 0 heterocycles. The Morgan fingerprint density at radius 3 is 2.43 bits per heavy atom. The Bertz CT molecular complexity index is 273. The third-order valence-corrected chi connectivity index (χ3v) is 2.49. The van der Waals surface area contributed by atoms with Crippen LogP contribution in [0.3, 0.4) is 0 Å². The maximum atomic E-state index is 9.37. The van der Waals surface area contributed by atoms with Crippen LogP contribution in [-0.2, 0) is 0 Å². The molecule has 1 unspecified atom stereocenters. The average molecular weight is 214 g/mol. The molecule has 1 aromatic carbocycles. The Balaban J connectivity index is 2.60. The van der Waals surface area contributed by atoms with Crippen molar-refractivity contribution in [1.29, 1.82) is 0 Å². The highest BCUT2D eigenvalue weighted by Gasteiger charge is 2.06. The zero-order chi connectivity index (χ0) is 10.6. The molecule has 0 radical (unpaired) electrons. The number of nitrogens with zero attached hydrogens (tertiary/aromatic N) is 1. The fraction of sp³-hybridized carbons (Fsp3) is 0.455. The summed E-state index contributed by atoms with van der Waals surface area (Å²) in [5.74, 6) is 0.274. The average Bonchev–Trinajstić information content (AvgIpc) is 2.18. The Morgan fingerprint density at radius 2 is 1.93 bits per heavy atom. The van der Waals surface area contributed by atoms with Crippen LogP contribution in [0.1, 0.15) is 5.56 Å². The monoisotopic (exact) mass is 213 g/mol. The summed E-state index contributed by atoms with van der Waals surface area (Å²) in [5.41, 5.74) is 2.33. The molecule has 2 nitrogen and oxygen atoms in total. The summed E-state index contributed by atoms with van der Waals surface area (Å²) in [7, 11) is 1.94. The summed E-state index contributed by atoms with van der Waals surface area (Å²) in [6, 6.07) is 8.18. The zero-order valence-electron chi connectivity index (χ0n) is 8.57. The normalized spacial score (nSPS) is 12.6. The van der Waals surface area contributed by atoms with Gasteiger partial charge in [-0.15, -0.1) is 11.6 Å². The van der Waals surface area contributed by atoms with Gasteiger partial charge in [-0.2, -0.15) is 0 Å². The van der Waals surface area contributed by atoms with E-state index in [0.29, 0.717) is 6.54 Å².